The third kappa shape index (κ3) is 3.22. The minimum atomic E-state index is -1.03. The highest BCUT2D eigenvalue weighted by Crippen LogP contribution is 2.34. The van der Waals surface area contributed by atoms with Crippen LogP contribution < -0.4 is 10.6 Å². The number of hydrogen-bond donors (Lipinski definition) is 3. The molecule has 0 fully saturated rings. The molecule has 6 heteroatoms. The molecule has 0 radical (unpaired) electrons. The number of aryl methyl sites for hydroxylation is 3. The van der Waals surface area contributed by atoms with Crippen LogP contribution in [0.2, 0.25) is 0 Å². The van der Waals surface area contributed by atoms with E-state index < -0.39 is 11.6 Å². The number of oxazole rings is 1. The zero-order valence-electron chi connectivity index (χ0n) is 13.3. The zero-order valence-corrected chi connectivity index (χ0v) is 13.3. The summed E-state index contributed by atoms with van der Waals surface area (Å²) in [5.41, 5.74) is 1.74. The topological polar surface area (TPSA) is 87.4 Å². The van der Waals surface area contributed by atoms with Crippen molar-refractivity contribution in [1.82, 2.24) is 10.3 Å². The standard InChI is InChI=1S/C17H21N3O3/c1-11-12(2)23-16(19-11)20-15(21)18-10-17(22)9-5-7-13-6-3-4-8-14(13)17/h3-4,6,8,22H,5,7,9-10H2,1-2H3,(H2,18,19,20,21). The number of fused-ring (bicyclic) bond motifs is 1. The minimum absolute atomic E-state index is 0.147. The molecule has 23 heavy (non-hydrogen) atoms. The molecule has 3 rings (SSSR count). The molecule has 1 atom stereocenters. The van der Waals surface area contributed by atoms with Crippen molar-refractivity contribution in [3.63, 3.8) is 0 Å². The molecule has 1 aromatic carbocycles. The van der Waals surface area contributed by atoms with E-state index >= 15 is 0 Å². The molecule has 0 saturated carbocycles. The number of rotatable bonds is 3. The lowest BCUT2D eigenvalue weighted by atomic mass is 9.79. The normalized spacial score (nSPS) is 20.0. The maximum Gasteiger partial charge on any atom is 0.322 e. The summed E-state index contributed by atoms with van der Waals surface area (Å²) >= 11 is 0. The van der Waals surface area contributed by atoms with Crippen molar-refractivity contribution >= 4 is 12.0 Å². The zero-order chi connectivity index (χ0) is 16.4. The number of nitrogens with one attached hydrogen (secondary N) is 2. The van der Waals surface area contributed by atoms with Crippen molar-refractivity contribution in [2.75, 3.05) is 11.9 Å². The molecule has 122 valence electrons. The Morgan fingerprint density at radius 2 is 2.17 bits per heavy atom. The van der Waals surface area contributed by atoms with Gasteiger partial charge in [-0.05, 0) is 44.2 Å². The van der Waals surface area contributed by atoms with Gasteiger partial charge in [-0.1, -0.05) is 24.3 Å². The van der Waals surface area contributed by atoms with E-state index in [1.54, 1.807) is 6.92 Å². The summed E-state index contributed by atoms with van der Waals surface area (Å²) in [4.78, 5) is 16.1. The van der Waals surface area contributed by atoms with Gasteiger partial charge in [-0.2, -0.15) is 4.98 Å². The van der Waals surface area contributed by atoms with Gasteiger partial charge >= 0.3 is 12.0 Å². The van der Waals surface area contributed by atoms with Crippen LogP contribution in [0, 0.1) is 13.8 Å². The number of carbonyl (C=O) groups excluding carboxylic acids is 1. The smallest absolute Gasteiger partial charge is 0.322 e. The van der Waals surface area contributed by atoms with Crippen molar-refractivity contribution in [3.8, 4) is 0 Å². The summed E-state index contributed by atoms with van der Waals surface area (Å²) in [6, 6.07) is 7.55. The molecule has 0 spiro atoms. The molecule has 1 aliphatic rings. The third-order valence-electron chi connectivity index (χ3n) is 4.35. The molecule has 1 heterocycles. The van der Waals surface area contributed by atoms with E-state index in [1.807, 2.05) is 31.2 Å². The average molecular weight is 315 g/mol. The molecule has 1 unspecified atom stereocenters. The quantitative estimate of drug-likeness (QED) is 0.812. The number of amides is 2. The molecular weight excluding hydrogens is 294 g/mol. The van der Waals surface area contributed by atoms with Gasteiger partial charge in [-0.3, -0.25) is 5.32 Å². The molecule has 0 saturated heterocycles. The van der Waals surface area contributed by atoms with Crippen LogP contribution in [0.25, 0.3) is 0 Å². The first-order chi connectivity index (χ1) is 11.0. The number of benzene rings is 1. The van der Waals surface area contributed by atoms with Gasteiger partial charge < -0.3 is 14.8 Å². The van der Waals surface area contributed by atoms with Gasteiger partial charge in [0.2, 0.25) is 0 Å². The first-order valence-electron chi connectivity index (χ1n) is 7.77. The minimum Gasteiger partial charge on any atom is -0.428 e. The van der Waals surface area contributed by atoms with E-state index in [9.17, 15) is 9.90 Å². The Labute approximate surface area is 134 Å². The predicted molar refractivity (Wildman–Crippen MR) is 86.3 cm³/mol. The van der Waals surface area contributed by atoms with Gasteiger partial charge in [-0.15, -0.1) is 0 Å². The van der Waals surface area contributed by atoms with E-state index in [0.29, 0.717) is 12.2 Å². The highest BCUT2D eigenvalue weighted by Gasteiger charge is 2.34. The number of anilines is 1. The third-order valence-corrected chi connectivity index (χ3v) is 4.35. The first kappa shape index (κ1) is 15.6. The van der Waals surface area contributed by atoms with Crippen LogP contribution in [0.4, 0.5) is 10.8 Å². The van der Waals surface area contributed by atoms with Gasteiger partial charge in [0.1, 0.15) is 11.4 Å². The van der Waals surface area contributed by atoms with Crippen LogP contribution in [0.1, 0.15) is 35.4 Å². The van der Waals surface area contributed by atoms with E-state index in [0.717, 1.165) is 29.7 Å². The highest BCUT2D eigenvalue weighted by atomic mass is 16.4. The summed E-state index contributed by atoms with van der Waals surface area (Å²) in [5.74, 6) is 0.667. The molecular formula is C17H21N3O3. The van der Waals surface area contributed by atoms with Crippen LogP contribution in [0.5, 0.6) is 0 Å². The van der Waals surface area contributed by atoms with Gasteiger partial charge in [0.15, 0.2) is 0 Å². The lowest BCUT2D eigenvalue weighted by molar-refractivity contribution is 0.0221. The highest BCUT2D eigenvalue weighted by molar-refractivity contribution is 5.87. The molecule has 2 aromatic rings. The van der Waals surface area contributed by atoms with Crippen molar-refractivity contribution < 1.29 is 14.3 Å². The SMILES string of the molecule is Cc1nc(NC(=O)NCC2(O)CCCc3ccccc32)oc1C. The maximum absolute atomic E-state index is 12.0. The summed E-state index contributed by atoms with van der Waals surface area (Å²) in [5, 5.41) is 16.2. The second kappa shape index (κ2) is 6.04. The van der Waals surface area contributed by atoms with E-state index in [4.69, 9.17) is 4.42 Å². The lowest BCUT2D eigenvalue weighted by Crippen LogP contribution is -2.44. The predicted octanol–water partition coefficient (Wildman–Crippen LogP) is 2.64. The number of aliphatic hydroxyl groups is 1. The number of hydrogen-bond acceptors (Lipinski definition) is 4. The van der Waals surface area contributed by atoms with E-state index in [2.05, 4.69) is 15.6 Å². The Morgan fingerprint density at radius 3 is 2.91 bits per heavy atom. The fourth-order valence-electron chi connectivity index (χ4n) is 2.98. The molecule has 1 aromatic heterocycles. The maximum atomic E-state index is 12.0. The number of aromatic nitrogens is 1. The van der Waals surface area contributed by atoms with Crippen molar-refractivity contribution in [2.45, 2.75) is 38.7 Å². The summed E-state index contributed by atoms with van der Waals surface area (Å²) in [7, 11) is 0. The van der Waals surface area contributed by atoms with Crippen molar-refractivity contribution in [1.29, 1.82) is 0 Å². The summed E-state index contributed by atoms with van der Waals surface area (Å²) < 4.78 is 5.31. The Kier molecular flexibility index (Phi) is 4.09. The molecule has 0 bridgehead atoms. The first-order valence-corrected chi connectivity index (χ1v) is 7.77. The number of nitrogens with zero attached hydrogens (tertiary/aromatic N) is 1. The second-order valence-electron chi connectivity index (χ2n) is 6.01. The Balaban J connectivity index is 1.65. The van der Waals surface area contributed by atoms with Crippen LogP contribution in [-0.2, 0) is 12.0 Å². The fraction of sp³-hybridized carbons (Fsp3) is 0.412. The summed E-state index contributed by atoms with van der Waals surface area (Å²) in [6.45, 7) is 3.74. The molecule has 3 N–H and O–H groups in total. The Bertz CT molecular complexity index is 706. The van der Waals surface area contributed by atoms with Gasteiger partial charge in [0.25, 0.3) is 0 Å². The van der Waals surface area contributed by atoms with Gasteiger partial charge in [0.05, 0.1) is 12.2 Å². The summed E-state index contributed by atoms with van der Waals surface area (Å²) in [6.07, 6.45) is 2.48. The van der Waals surface area contributed by atoms with E-state index in [1.165, 1.54) is 0 Å². The lowest BCUT2D eigenvalue weighted by Gasteiger charge is -2.34. The number of carbonyl (C=O) groups is 1. The Morgan fingerprint density at radius 1 is 1.39 bits per heavy atom. The van der Waals surface area contributed by atoms with Crippen molar-refractivity contribution in [2.24, 2.45) is 0 Å². The monoisotopic (exact) mass is 315 g/mol. The van der Waals surface area contributed by atoms with Crippen molar-refractivity contribution in [3.05, 3.63) is 46.8 Å². The largest absolute Gasteiger partial charge is 0.428 e. The van der Waals surface area contributed by atoms with Gasteiger partial charge in [0, 0.05) is 0 Å². The van der Waals surface area contributed by atoms with Gasteiger partial charge in [-0.25, -0.2) is 4.79 Å². The molecule has 0 aliphatic heterocycles. The fourth-order valence-corrected chi connectivity index (χ4v) is 2.98. The van der Waals surface area contributed by atoms with Crippen LogP contribution in [-0.4, -0.2) is 22.7 Å². The van der Waals surface area contributed by atoms with Crippen LogP contribution in [0.15, 0.2) is 28.7 Å². The van der Waals surface area contributed by atoms with Crippen LogP contribution in [0.3, 0.4) is 0 Å². The average Bonchev–Trinajstić information content (AvgIpc) is 2.84. The second-order valence-corrected chi connectivity index (χ2v) is 6.01. The molecule has 6 nitrogen and oxygen atoms in total. The molecule has 2 amide bonds. The van der Waals surface area contributed by atoms with Crippen LogP contribution >= 0.6 is 0 Å². The Hall–Kier alpha value is -2.34. The molecule has 1 aliphatic carbocycles. The van der Waals surface area contributed by atoms with E-state index in [-0.39, 0.29) is 12.6 Å². The number of urea groups is 1.